The van der Waals surface area contributed by atoms with Crippen molar-refractivity contribution in [2.45, 2.75) is 4.90 Å². The molecule has 0 aliphatic carbocycles. The zero-order valence-electron chi connectivity index (χ0n) is 9.22. The predicted octanol–water partition coefficient (Wildman–Crippen LogP) is 2.31. The maximum Gasteiger partial charge on any atom is 0.298 e. The summed E-state index contributed by atoms with van der Waals surface area (Å²) in [6, 6.07) is 4.79. The molecule has 0 heterocycles. The number of hydrogen-bond acceptors (Lipinski definition) is 3. The second-order valence-electron chi connectivity index (χ2n) is 3.09. The van der Waals surface area contributed by atoms with Crippen LogP contribution in [0.25, 0.3) is 12.2 Å². The van der Waals surface area contributed by atoms with E-state index in [1.54, 1.807) is 18.2 Å². The number of benzene rings is 1. The van der Waals surface area contributed by atoms with Crippen LogP contribution in [0.15, 0.2) is 36.3 Å². The number of hydrogen-bond donors (Lipinski definition) is 0. The van der Waals surface area contributed by atoms with E-state index in [2.05, 4.69) is 23.3 Å². The highest BCUT2D eigenvalue weighted by atomic mass is 32.2. The van der Waals surface area contributed by atoms with E-state index >= 15 is 0 Å². The van der Waals surface area contributed by atoms with Gasteiger partial charge in [-0.3, -0.25) is 4.18 Å². The fourth-order valence-corrected chi connectivity index (χ4v) is 2.42. The zero-order chi connectivity index (χ0) is 12.9. The minimum atomic E-state index is -3.86. The molecular formula is C13H12O3S. The third-order valence-corrected chi connectivity index (χ3v) is 3.41. The van der Waals surface area contributed by atoms with E-state index in [1.807, 2.05) is 0 Å². The van der Waals surface area contributed by atoms with E-state index in [1.165, 1.54) is 12.1 Å². The van der Waals surface area contributed by atoms with E-state index in [0.717, 1.165) is 0 Å². The van der Waals surface area contributed by atoms with Gasteiger partial charge in [-0.1, -0.05) is 43.4 Å². The minimum absolute atomic E-state index is 0.0418. The van der Waals surface area contributed by atoms with Gasteiger partial charge in [0.1, 0.15) is 11.5 Å². The molecule has 3 nitrogen and oxygen atoms in total. The van der Waals surface area contributed by atoms with Gasteiger partial charge in [0.15, 0.2) is 0 Å². The van der Waals surface area contributed by atoms with Gasteiger partial charge in [0.05, 0.1) is 0 Å². The minimum Gasteiger partial charge on any atom is -0.253 e. The van der Waals surface area contributed by atoms with Crippen molar-refractivity contribution in [1.82, 2.24) is 0 Å². The first-order valence-corrected chi connectivity index (χ1v) is 6.18. The van der Waals surface area contributed by atoms with Gasteiger partial charge in [-0.2, -0.15) is 8.42 Å². The Balaban J connectivity index is 3.37. The first-order valence-electron chi connectivity index (χ1n) is 4.77. The lowest BCUT2D eigenvalue weighted by atomic mass is 10.1. The topological polar surface area (TPSA) is 43.4 Å². The standard InChI is InChI=1S/C13H12O3S/c1-4-10-16-17(14,15)13-9-7-8-11(5-2)12(13)6-3/h1,5-9H,2-3,10H2. The maximum atomic E-state index is 11.8. The molecule has 0 spiro atoms. The number of terminal acetylenes is 1. The van der Waals surface area contributed by atoms with Gasteiger partial charge >= 0.3 is 0 Å². The van der Waals surface area contributed by atoms with Gasteiger partial charge in [0.25, 0.3) is 10.1 Å². The van der Waals surface area contributed by atoms with E-state index in [9.17, 15) is 8.42 Å². The third-order valence-electron chi connectivity index (χ3n) is 2.09. The average Bonchev–Trinajstić information content (AvgIpc) is 2.35. The molecule has 0 fully saturated rings. The normalized spacial score (nSPS) is 10.5. The van der Waals surface area contributed by atoms with Crippen LogP contribution in [0.5, 0.6) is 0 Å². The average molecular weight is 248 g/mol. The van der Waals surface area contributed by atoms with Crippen LogP contribution in [0.1, 0.15) is 11.1 Å². The van der Waals surface area contributed by atoms with E-state index < -0.39 is 10.1 Å². The molecule has 0 aliphatic heterocycles. The molecule has 0 aromatic heterocycles. The molecule has 0 radical (unpaired) electrons. The second-order valence-corrected chi connectivity index (χ2v) is 4.67. The summed E-state index contributed by atoms with van der Waals surface area (Å²) in [7, 11) is -3.86. The van der Waals surface area contributed by atoms with Gasteiger partial charge in [0, 0.05) is 5.56 Å². The highest BCUT2D eigenvalue weighted by Gasteiger charge is 2.19. The molecule has 17 heavy (non-hydrogen) atoms. The molecule has 1 aromatic carbocycles. The van der Waals surface area contributed by atoms with Crippen LogP contribution < -0.4 is 0 Å². The Morgan fingerprint density at radius 2 is 2.06 bits per heavy atom. The van der Waals surface area contributed by atoms with Crippen molar-refractivity contribution < 1.29 is 12.6 Å². The van der Waals surface area contributed by atoms with E-state index in [4.69, 9.17) is 6.42 Å². The first-order chi connectivity index (χ1) is 8.06. The van der Waals surface area contributed by atoms with Crippen LogP contribution in [-0.4, -0.2) is 15.0 Å². The van der Waals surface area contributed by atoms with Crippen molar-refractivity contribution in [3.63, 3.8) is 0 Å². The van der Waals surface area contributed by atoms with Crippen LogP contribution >= 0.6 is 0 Å². The molecule has 0 saturated heterocycles. The maximum absolute atomic E-state index is 11.8. The monoisotopic (exact) mass is 248 g/mol. The van der Waals surface area contributed by atoms with Crippen LogP contribution in [0.2, 0.25) is 0 Å². The molecule has 0 amide bonds. The summed E-state index contributed by atoms with van der Waals surface area (Å²) in [6.45, 7) is 6.90. The summed E-state index contributed by atoms with van der Waals surface area (Å²) in [5.74, 6) is 2.11. The van der Waals surface area contributed by atoms with Gasteiger partial charge in [0.2, 0.25) is 0 Å². The smallest absolute Gasteiger partial charge is 0.253 e. The molecule has 0 N–H and O–H groups in total. The first kappa shape index (κ1) is 13.2. The fraction of sp³-hybridized carbons (Fsp3) is 0.0769. The van der Waals surface area contributed by atoms with Crippen LogP contribution in [0.3, 0.4) is 0 Å². The van der Waals surface area contributed by atoms with Gasteiger partial charge < -0.3 is 0 Å². The van der Waals surface area contributed by atoms with E-state index in [-0.39, 0.29) is 11.5 Å². The molecule has 1 rings (SSSR count). The van der Waals surface area contributed by atoms with Crippen molar-refractivity contribution in [1.29, 1.82) is 0 Å². The number of rotatable bonds is 5. The van der Waals surface area contributed by atoms with Crippen molar-refractivity contribution in [3.8, 4) is 12.3 Å². The highest BCUT2D eigenvalue weighted by molar-refractivity contribution is 7.86. The summed E-state index contributed by atoms with van der Waals surface area (Å²) in [5, 5.41) is 0. The molecule has 0 unspecified atom stereocenters. The lowest BCUT2D eigenvalue weighted by Gasteiger charge is -2.09. The molecule has 0 bridgehead atoms. The van der Waals surface area contributed by atoms with Crippen molar-refractivity contribution in [2.75, 3.05) is 6.61 Å². The highest BCUT2D eigenvalue weighted by Crippen LogP contribution is 2.23. The zero-order valence-corrected chi connectivity index (χ0v) is 10.0. The SMILES string of the molecule is C#CCOS(=O)(=O)c1cccc(C=C)c1C=C. The second kappa shape index (κ2) is 5.48. The molecule has 1 aromatic rings. The van der Waals surface area contributed by atoms with Crippen LogP contribution in [0, 0.1) is 12.3 Å². The quantitative estimate of drug-likeness (QED) is 0.593. The Kier molecular flexibility index (Phi) is 4.27. The van der Waals surface area contributed by atoms with Gasteiger partial charge in [-0.15, -0.1) is 6.42 Å². The lowest BCUT2D eigenvalue weighted by molar-refractivity contribution is 0.363. The van der Waals surface area contributed by atoms with Gasteiger partial charge in [-0.05, 0) is 11.6 Å². The lowest BCUT2D eigenvalue weighted by Crippen LogP contribution is -2.08. The predicted molar refractivity (Wildman–Crippen MR) is 68.6 cm³/mol. The Morgan fingerprint density at radius 3 is 2.59 bits per heavy atom. The third kappa shape index (κ3) is 2.84. The largest absolute Gasteiger partial charge is 0.298 e. The Morgan fingerprint density at radius 1 is 1.35 bits per heavy atom. The Bertz CT molecular complexity index is 577. The molecule has 88 valence electrons. The molecular weight excluding hydrogens is 236 g/mol. The summed E-state index contributed by atoms with van der Waals surface area (Å²) < 4.78 is 28.3. The van der Waals surface area contributed by atoms with Gasteiger partial charge in [-0.25, -0.2) is 0 Å². The van der Waals surface area contributed by atoms with Crippen LogP contribution in [-0.2, 0) is 14.3 Å². The summed E-state index contributed by atoms with van der Waals surface area (Å²) in [4.78, 5) is 0.0418. The van der Waals surface area contributed by atoms with Crippen molar-refractivity contribution in [3.05, 3.63) is 42.5 Å². The van der Waals surface area contributed by atoms with Crippen LogP contribution in [0.4, 0.5) is 0 Å². The molecule has 4 heteroatoms. The Labute approximate surface area is 102 Å². The van der Waals surface area contributed by atoms with Crippen molar-refractivity contribution in [2.24, 2.45) is 0 Å². The summed E-state index contributed by atoms with van der Waals surface area (Å²) in [6.07, 6.45) is 7.96. The van der Waals surface area contributed by atoms with Crippen molar-refractivity contribution >= 4 is 22.3 Å². The summed E-state index contributed by atoms with van der Waals surface area (Å²) in [5.41, 5.74) is 1.13. The fourth-order valence-electron chi connectivity index (χ4n) is 1.35. The van der Waals surface area contributed by atoms with E-state index in [0.29, 0.717) is 11.1 Å². The molecule has 0 aliphatic rings. The molecule has 0 atom stereocenters. The summed E-state index contributed by atoms with van der Waals surface area (Å²) >= 11 is 0. The Hall–Kier alpha value is -1.83. The molecule has 0 saturated carbocycles.